The van der Waals surface area contributed by atoms with Crippen LogP contribution in [0.1, 0.15) is 0 Å². The molecule has 3 rings (SSSR count). The molecule has 3 N–H and O–H groups in total. The summed E-state index contributed by atoms with van der Waals surface area (Å²) in [5.41, 5.74) is 0.391. The summed E-state index contributed by atoms with van der Waals surface area (Å²) in [5.74, 6) is 1.02. The molecular formula is C17H17N3O3. The second-order valence-electron chi connectivity index (χ2n) is 5.09. The lowest BCUT2D eigenvalue weighted by Crippen LogP contribution is -2.27. The van der Waals surface area contributed by atoms with Gasteiger partial charge in [0, 0.05) is 6.54 Å². The van der Waals surface area contributed by atoms with E-state index in [9.17, 15) is 9.90 Å². The molecule has 0 fully saturated rings. The Morgan fingerprint density at radius 3 is 2.70 bits per heavy atom. The summed E-state index contributed by atoms with van der Waals surface area (Å²) in [5, 5.41) is 13.4. The first kappa shape index (κ1) is 15.1. The minimum atomic E-state index is -0.730. The van der Waals surface area contributed by atoms with Crippen LogP contribution in [-0.4, -0.2) is 34.3 Å². The van der Waals surface area contributed by atoms with Crippen molar-refractivity contribution >= 4 is 16.9 Å². The SMILES string of the molecule is O=c1[nH]c(NC[C@H](O)COc2ccccc2)nc2ccccc12. The van der Waals surface area contributed by atoms with Gasteiger partial charge in [-0.2, -0.15) is 0 Å². The van der Waals surface area contributed by atoms with E-state index in [1.807, 2.05) is 36.4 Å². The van der Waals surface area contributed by atoms with Gasteiger partial charge in [-0.15, -0.1) is 0 Å². The van der Waals surface area contributed by atoms with Gasteiger partial charge in [0.05, 0.1) is 10.9 Å². The van der Waals surface area contributed by atoms with Crippen LogP contribution in [0.2, 0.25) is 0 Å². The van der Waals surface area contributed by atoms with Crippen LogP contribution in [0.5, 0.6) is 5.75 Å². The second kappa shape index (κ2) is 6.93. The molecule has 0 radical (unpaired) electrons. The summed E-state index contributed by atoms with van der Waals surface area (Å²) in [6.45, 7) is 0.364. The van der Waals surface area contributed by atoms with E-state index >= 15 is 0 Å². The first-order chi connectivity index (χ1) is 11.2. The number of para-hydroxylation sites is 2. The van der Waals surface area contributed by atoms with Gasteiger partial charge in [0.2, 0.25) is 5.95 Å². The van der Waals surface area contributed by atoms with Gasteiger partial charge in [-0.1, -0.05) is 30.3 Å². The topological polar surface area (TPSA) is 87.2 Å². The number of ether oxygens (including phenoxy) is 1. The molecule has 0 aliphatic rings. The Hall–Kier alpha value is -2.86. The number of hydrogen-bond donors (Lipinski definition) is 3. The molecule has 0 bridgehead atoms. The molecule has 1 aromatic heterocycles. The lowest BCUT2D eigenvalue weighted by molar-refractivity contribution is 0.117. The number of H-pyrrole nitrogens is 1. The lowest BCUT2D eigenvalue weighted by Gasteiger charge is -2.13. The minimum Gasteiger partial charge on any atom is -0.491 e. The quantitative estimate of drug-likeness (QED) is 0.646. The highest BCUT2D eigenvalue weighted by atomic mass is 16.5. The molecule has 0 amide bonds. The number of fused-ring (bicyclic) bond motifs is 1. The number of aromatic amines is 1. The Bertz CT molecular complexity index is 833. The third-order valence-corrected chi connectivity index (χ3v) is 3.30. The van der Waals surface area contributed by atoms with Gasteiger partial charge in [-0.25, -0.2) is 4.98 Å². The predicted octanol–water partition coefficient (Wildman–Crippen LogP) is 1.77. The van der Waals surface area contributed by atoms with Crippen molar-refractivity contribution in [3.05, 3.63) is 65.0 Å². The number of benzene rings is 2. The Balaban J connectivity index is 1.58. The third kappa shape index (κ3) is 3.87. The highest BCUT2D eigenvalue weighted by molar-refractivity contribution is 5.78. The number of anilines is 1. The molecular weight excluding hydrogens is 294 g/mol. The van der Waals surface area contributed by atoms with Crippen LogP contribution in [0.15, 0.2) is 59.4 Å². The van der Waals surface area contributed by atoms with E-state index < -0.39 is 6.10 Å². The van der Waals surface area contributed by atoms with E-state index in [0.717, 1.165) is 0 Å². The monoisotopic (exact) mass is 311 g/mol. The number of aromatic nitrogens is 2. The van der Waals surface area contributed by atoms with Crippen molar-refractivity contribution in [1.82, 2.24) is 9.97 Å². The third-order valence-electron chi connectivity index (χ3n) is 3.30. The Labute approximate surface area is 132 Å². The molecule has 1 heterocycles. The van der Waals surface area contributed by atoms with E-state index in [-0.39, 0.29) is 18.7 Å². The largest absolute Gasteiger partial charge is 0.491 e. The van der Waals surface area contributed by atoms with E-state index in [1.54, 1.807) is 18.2 Å². The second-order valence-corrected chi connectivity index (χ2v) is 5.09. The molecule has 0 aliphatic carbocycles. The normalized spacial score (nSPS) is 12.0. The fourth-order valence-corrected chi connectivity index (χ4v) is 2.15. The van der Waals surface area contributed by atoms with Crippen molar-refractivity contribution in [1.29, 1.82) is 0 Å². The van der Waals surface area contributed by atoms with Crippen molar-refractivity contribution in [3.8, 4) is 5.75 Å². The zero-order valence-electron chi connectivity index (χ0n) is 12.4. The van der Waals surface area contributed by atoms with Crippen molar-refractivity contribution in [2.45, 2.75) is 6.10 Å². The van der Waals surface area contributed by atoms with E-state index in [2.05, 4.69) is 15.3 Å². The number of hydrogen-bond acceptors (Lipinski definition) is 5. The van der Waals surface area contributed by atoms with Gasteiger partial charge in [-0.3, -0.25) is 9.78 Å². The Morgan fingerprint density at radius 2 is 1.87 bits per heavy atom. The summed E-state index contributed by atoms with van der Waals surface area (Å²) >= 11 is 0. The first-order valence-electron chi connectivity index (χ1n) is 7.31. The average molecular weight is 311 g/mol. The number of nitrogens with one attached hydrogen (secondary N) is 2. The van der Waals surface area contributed by atoms with Gasteiger partial charge in [-0.05, 0) is 24.3 Å². The van der Waals surface area contributed by atoms with Gasteiger partial charge < -0.3 is 15.2 Å². The van der Waals surface area contributed by atoms with Crippen LogP contribution in [0, 0.1) is 0 Å². The predicted molar refractivity (Wildman–Crippen MR) is 88.8 cm³/mol. The number of aliphatic hydroxyl groups is 1. The number of nitrogens with zero attached hydrogens (tertiary/aromatic N) is 1. The fourth-order valence-electron chi connectivity index (χ4n) is 2.15. The van der Waals surface area contributed by atoms with Crippen molar-refractivity contribution < 1.29 is 9.84 Å². The molecule has 23 heavy (non-hydrogen) atoms. The van der Waals surface area contributed by atoms with Crippen molar-refractivity contribution in [2.75, 3.05) is 18.5 Å². The summed E-state index contributed by atoms with van der Waals surface area (Å²) in [6.07, 6.45) is -0.730. The number of aliphatic hydroxyl groups excluding tert-OH is 1. The molecule has 0 saturated heterocycles. The van der Waals surface area contributed by atoms with Crippen LogP contribution in [0.4, 0.5) is 5.95 Å². The van der Waals surface area contributed by atoms with Crippen LogP contribution in [-0.2, 0) is 0 Å². The lowest BCUT2D eigenvalue weighted by atomic mass is 10.2. The van der Waals surface area contributed by atoms with Crippen molar-refractivity contribution in [3.63, 3.8) is 0 Å². The maximum Gasteiger partial charge on any atom is 0.260 e. The minimum absolute atomic E-state index is 0.148. The highest BCUT2D eigenvalue weighted by Gasteiger charge is 2.07. The van der Waals surface area contributed by atoms with Crippen LogP contribution in [0.25, 0.3) is 10.9 Å². The maximum atomic E-state index is 11.9. The summed E-state index contributed by atoms with van der Waals surface area (Å²) in [7, 11) is 0. The van der Waals surface area contributed by atoms with Gasteiger partial charge in [0.15, 0.2) is 0 Å². The Kier molecular flexibility index (Phi) is 4.54. The molecule has 6 nitrogen and oxygen atoms in total. The molecule has 6 heteroatoms. The average Bonchev–Trinajstić information content (AvgIpc) is 2.59. The van der Waals surface area contributed by atoms with Gasteiger partial charge >= 0.3 is 0 Å². The van der Waals surface area contributed by atoms with Crippen LogP contribution in [0.3, 0.4) is 0 Å². The summed E-state index contributed by atoms with van der Waals surface area (Å²) < 4.78 is 5.47. The molecule has 0 spiro atoms. The molecule has 1 atom stereocenters. The molecule has 0 unspecified atom stereocenters. The molecule has 2 aromatic carbocycles. The Morgan fingerprint density at radius 1 is 1.13 bits per heavy atom. The standard InChI is InChI=1S/C17H17N3O3/c21-12(11-23-13-6-2-1-3-7-13)10-18-17-19-15-9-5-4-8-14(15)16(22)20-17/h1-9,12,21H,10-11H2,(H2,18,19,20,22)/t12-/m0/s1. The fraction of sp³-hybridized carbons (Fsp3) is 0.176. The zero-order chi connectivity index (χ0) is 16.1. The van der Waals surface area contributed by atoms with Gasteiger partial charge in [0.25, 0.3) is 5.56 Å². The smallest absolute Gasteiger partial charge is 0.260 e. The zero-order valence-corrected chi connectivity index (χ0v) is 12.4. The molecule has 0 saturated carbocycles. The molecule has 118 valence electrons. The van der Waals surface area contributed by atoms with E-state index in [4.69, 9.17) is 4.74 Å². The number of rotatable bonds is 6. The van der Waals surface area contributed by atoms with Crippen LogP contribution >= 0.6 is 0 Å². The van der Waals surface area contributed by atoms with Crippen LogP contribution < -0.4 is 15.6 Å². The maximum absolute atomic E-state index is 11.9. The van der Waals surface area contributed by atoms with Gasteiger partial charge in [0.1, 0.15) is 18.5 Å². The molecule has 0 aliphatic heterocycles. The van der Waals surface area contributed by atoms with E-state index in [0.29, 0.717) is 22.6 Å². The summed E-state index contributed by atoms with van der Waals surface area (Å²) in [6, 6.07) is 16.4. The summed E-state index contributed by atoms with van der Waals surface area (Å²) in [4.78, 5) is 18.9. The highest BCUT2D eigenvalue weighted by Crippen LogP contribution is 2.09. The van der Waals surface area contributed by atoms with Crippen molar-refractivity contribution in [2.24, 2.45) is 0 Å². The molecule has 3 aromatic rings. The van der Waals surface area contributed by atoms with E-state index in [1.165, 1.54) is 0 Å². The first-order valence-corrected chi connectivity index (χ1v) is 7.31.